The van der Waals surface area contributed by atoms with Gasteiger partial charge in [0.1, 0.15) is 23.4 Å². The molecule has 45 heavy (non-hydrogen) atoms. The van der Waals surface area contributed by atoms with Crippen LogP contribution in [0.4, 0.5) is 5.69 Å². The van der Waals surface area contributed by atoms with Crippen molar-refractivity contribution in [2.45, 2.75) is 57.0 Å². The van der Waals surface area contributed by atoms with E-state index in [4.69, 9.17) is 4.42 Å². The first-order valence-electron chi connectivity index (χ1n) is 15.0. The van der Waals surface area contributed by atoms with E-state index >= 15 is 0 Å². The lowest BCUT2D eigenvalue weighted by Crippen LogP contribution is -2.54. The fourth-order valence-corrected chi connectivity index (χ4v) is 5.80. The number of piperidine rings is 1. The van der Waals surface area contributed by atoms with Crippen molar-refractivity contribution in [2.24, 2.45) is 0 Å². The maximum Gasteiger partial charge on any atom is 0.264 e. The molecule has 5 amide bonds. The number of carbonyl (C=O) groups is 5. The van der Waals surface area contributed by atoms with Crippen molar-refractivity contribution < 1.29 is 28.4 Å². The van der Waals surface area contributed by atoms with Crippen LogP contribution in [-0.4, -0.2) is 57.0 Å². The summed E-state index contributed by atoms with van der Waals surface area (Å²) in [6, 6.07) is 10.9. The van der Waals surface area contributed by atoms with Gasteiger partial charge in [-0.25, -0.2) is 0 Å². The Labute approximate surface area is 258 Å². The van der Waals surface area contributed by atoms with Gasteiger partial charge in [-0.1, -0.05) is 25.0 Å². The maximum atomic E-state index is 13.2. The molecule has 1 aromatic carbocycles. The monoisotopic (exact) mass is 608 g/mol. The van der Waals surface area contributed by atoms with Crippen LogP contribution >= 0.6 is 0 Å². The Bertz CT molecular complexity index is 1740. The lowest BCUT2D eigenvalue weighted by molar-refractivity contribution is -0.136. The van der Waals surface area contributed by atoms with Crippen LogP contribution in [0.3, 0.4) is 0 Å². The van der Waals surface area contributed by atoms with Crippen molar-refractivity contribution in [1.29, 1.82) is 0 Å². The minimum absolute atomic E-state index is 0.0703. The molecule has 12 nitrogen and oxygen atoms in total. The van der Waals surface area contributed by atoms with E-state index in [9.17, 15) is 24.0 Å². The first-order valence-corrected chi connectivity index (χ1v) is 15.0. The molecule has 5 heterocycles. The van der Waals surface area contributed by atoms with Gasteiger partial charge >= 0.3 is 0 Å². The normalized spacial score (nSPS) is 16.9. The Morgan fingerprint density at radius 2 is 1.82 bits per heavy atom. The van der Waals surface area contributed by atoms with Gasteiger partial charge in [0.15, 0.2) is 0 Å². The van der Waals surface area contributed by atoms with Crippen LogP contribution in [-0.2, 0) is 14.4 Å². The molecule has 12 heteroatoms. The molecule has 0 radical (unpaired) electrons. The lowest BCUT2D eigenvalue weighted by Gasteiger charge is -2.27. The second-order valence-corrected chi connectivity index (χ2v) is 11.1. The Hall–Kier alpha value is -5.39. The van der Waals surface area contributed by atoms with E-state index < -0.39 is 35.7 Å². The quantitative estimate of drug-likeness (QED) is 0.160. The highest BCUT2D eigenvalue weighted by Gasteiger charge is 2.45. The van der Waals surface area contributed by atoms with E-state index in [-0.39, 0.29) is 29.9 Å². The van der Waals surface area contributed by atoms with E-state index in [0.29, 0.717) is 36.4 Å². The van der Waals surface area contributed by atoms with E-state index in [0.717, 1.165) is 35.1 Å². The van der Waals surface area contributed by atoms with Crippen molar-refractivity contribution in [2.75, 3.05) is 11.9 Å². The minimum Gasteiger partial charge on any atom is -0.458 e. The van der Waals surface area contributed by atoms with E-state index in [1.165, 1.54) is 0 Å². The van der Waals surface area contributed by atoms with Crippen LogP contribution in [0.2, 0.25) is 0 Å². The van der Waals surface area contributed by atoms with Crippen LogP contribution < -0.4 is 16.0 Å². The number of fused-ring (bicyclic) bond motifs is 2. The van der Waals surface area contributed by atoms with Gasteiger partial charge in [-0.2, -0.15) is 0 Å². The Kier molecular flexibility index (Phi) is 8.63. The second kappa shape index (κ2) is 13.1. The molecular formula is C33H32N6O6. The third-order valence-corrected chi connectivity index (χ3v) is 8.06. The minimum atomic E-state index is -1.00. The van der Waals surface area contributed by atoms with Crippen LogP contribution in [0.15, 0.2) is 71.7 Å². The SMILES string of the molecule is O=C1CCC(N2C(=O)c3cccc(NCCCCCCC(=O)NC(c4cccnc4)c4cc5cnccc5o4)c3C2=O)C(=O)N1. The van der Waals surface area contributed by atoms with Gasteiger partial charge in [-0.05, 0) is 49.6 Å². The van der Waals surface area contributed by atoms with Crippen molar-refractivity contribution in [3.63, 3.8) is 0 Å². The molecule has 0 spiro atoms. The standard InChI is InChI=1S/C33H32N6O6/c40-27(37-30(20-7-6-14-34-18-20)26-17-21-19-35-16-13-25(21)45-26)10-3-1-2-4-15-36-23-9-5-8-22-29(23)33(44)39(32(22)43)24-11-12-28(41)38-31(24)42/h5-9,13-14,16-19,24,30,36H,1-4,10-12,15H2,(H,37,40)(H,38,41,42). The van der Waals surface area contributed by atoms with Crippen molar-refractivity contribution >= 4 is 46.2 Å². The van der Waals surface area contributed by atoms with Crippen molar-refractivity contribution in [3.05, 3.63) is 89.7 Å². The predicted molar refractivity (Wildman–Crippen MR) is 163 cm³/mol. The summed E-state index contributed by atoms with van der Waals surface area (Å²) in [5.41, 5.74) is 2.52. The smallest absolute Gasteiger partial charge is 0.264 e. The first-order chi connectivity index (χ1) is 21.9. The van der Waals surface area contributed by atoms with Crippen molar-refractivity contribution in [3.8, 4) is 0 Å². The summed E-state index contributed by atoms with van der Waals surface area (Å²) < 4.78 is 6.02. The Balaban J connectivity index is 0.978. The zero-order chi connectivity index (χ0) is 31.3. The number of nitrogens with one attached hydrogen (secondary N) is 3. The lowest BCUT2D eigenvalue weighted by atomic mass is 10.0. The van der Waals surface area contributed by atoms with E-state index in [2.05, 4.69) is 25.9 Å². The number of benzene rings is 1. The topological polar surface area (TPSA) is 164 Å². The average molecular weight is 609 g/mol. The molecule has 2 aliphatic rings. The third kappa shape index (κ3) is 6.30. The summed E-state index contributed by atoms with van der Waals surface area (Å²) in [7, 11) is 0. The molecule has 2 unspecified atom stereocenters. The predicted octanol–water partition coefficient (Wildman–Crippen LogP) is 3.89. The van der Waals surface area contributed by atoms with E-state index in [1.54, 1.807) is 49.1 Å². The summed E-state index contributed by atoms with van der Waals surface area (Å²) in [5, 5.41) is 9.41. The van der Waals surface area contributed by atoms with Crippen molar-refractivity contribution in [1.82, 2.24) is 25.5 Å². The third-order valence-electron chi connectivity index (χ3n) is 8.06. The fraction of sp³-hybridized carbons (Fsp3) is 0.303. The number of pyridine rings is 2. The zero-order valence-electron chi connectivity index (χ0n) is 24.5. The maximum absolute atomic E-state index is 13.2. The Morgan fingerprint density at radius 1 is 0.978 bits per heavy atom. The Morgan fingerprint density at radius 3 is 2.62 bits per heavy atom. The number of anilines is 1. The van der Waals surface area contributed by atoms with Gasteiger partial charge in [0.2, 0.25) is 17.7 Å². The number of carbonyl (C=O) groups excluding carboxylic acids is 5. The van der Waals surface area contributed by atoms with Crippen LogP contribution in [0, 0.1) is 0 Å². The fourth-order valence-electron chi connectivity index (χ4n) is 5.80. The highest BCUT2D eigenvalue weighted by atomic mass is 16.3. The summed E-state index contributed by atoms with van der Waals surface area (Å²) in [6.45, 7) is 0.562. The summed E-state index contributed by atoms with van der Waals surface area (Å²) in [4.78, 5) is 72.4. The molecule has 2 aliphatic heterocycles. The molecule has 1 fully saturated rings. The molecule has 0 aliphatic carbocycles. The molecule has 0 bridgehead atoms. The molecule has 0 saturated carbocycles. The largest absolute Gasteiger partial charge is 0.458 e. The molecule has 3 aromatic heterocycles. The molecule has 6 rings (SSSR count). The van der Waals surface area contributed by atoms with Gasteiger partial charge in [0.25, 0.3) is 11.8 Å². The number of rotatable bonds is 12. The molecular weight excluding hydrogens is 576 g/mol. The average Bonchev–Trinajstić information content (AvgIpc) is 3.58. The van der Waals surface area contributed by atoms with Gasteiger partial charge in [0.05, 0.1) is 11.1 Å². The number of nitrogens with zero attached hydrogens (tertiary/aromatic N) is 3. The van der Waals surface area contributed by atoms with Crippen LogP contribution in [0.1, 0.15) is 83.0 Å². The number of hydrogen-bond acceptors (Lipinski definition) is 9. The van der Waals surface area contributed by atoms with Gasteiger partial charge < -0.3 is 15.1 Å². The molecule has 3 N–H and O–H groups in total. The van der Waals surface area contributed by atoms with Crippen LogP contribution in [0.5, 0.6) is 0 Å². The number of aromatic nitrogens is 2. The van der Waals surface area contributed by atoms with Gasteiger partial charge in [-0.15, -0.1) is 0 Å². The number of amides is 5. The molecule has 1 saturated heterocycles. The highest BCUT2D eigenvalue weighted by molar-refractivity contribution is 6.25. The number of hydrogen-bond donors (Lipinski definition) is 3. The summed E-state index contributed by atoms with van der Waals surface area (Å²) in [5.74, 6) is -1.60. The summed E-state index contributed by atoms with van der Waals surface area (Å²) >= 11 is 0. The highest BCUT2D eigenvalue weighted by Crippen LogP contribution is 2.32. The molecule has 230 valence electrons. The number of unbranched alkanes of at least 4 members (excludes halogenated alkanes) is 3. The van der Waals surface area contributed by atoms with E-state index in [1.807, 2.05) is 18.2 Å². The molecule has 4 aromatic rings. The number of furan rings is 1. The van der Waals surface area contributed by atoms with Crippen LogP contribution in [0.25, 0.3) is 11.0 Å². The summed E-state index contributed by atoms with van der Waals surface area (Å²) in [6.07, 6.45) is 10.5. The zero-order valence-corrected chi connectivity index (χ0v) is 24.5. The second-order valence-electron chi connectivity index (χ2n) is 11.1. The van der Waals surface area contributed by atoms with Gasteiger partial charge in [0, 0.05) is 60.8 Å². The number of imide groups is 2. The van der Waals surface area contributed by atoms with Gasteiger partial charge in [-0.3, -0.25) is 44.2 Å². The first kappa shape index (κ1) is 29.7. The molecule has 2 atom stereocenters.